The number of carbonyl (C=O) groups is 1. The van der Waals surface area contributed by atoms with Crippen molar-refractivity contribution in [1.29, 1.82) is 0 Å². The van der Waals surface area contributed by atoms with Crippen molar-refractivity contribution in [3.8, 4) is 0 Å². The molecule has 0 radical (unpaired) electrons. The highest BCUT2D eigenvalue weighted by atomic mass is 16.6. The predicted molar refractivity (Wildman–Crippen MR) is 88.7 cm³/mol. The number of hydrogen-bond donors (Lipinski definition) is 1. The first-order valence-corrected chi connectivity index (χ1v) is 9.53. The Hall–Kier alpha value is -0.650. The molecule has 1 unspecified atom stereocenters. The lowest BCUT2D eigenvalue weighted by Gasteiger charge is -2.46. The average Bonchev–Trinajstić information content (AvgIpc) is 3.06. The summed E-state index contributed by atoms with van der Waals surface area (Å²) in [6, 6.07) is 0. The number of esters is 1. The van der Waals surface area contributed by atoms with Crippen LogP contribution in [0.2, 0.25) is 0 Å². The van der Waals surface area contributed by atoms with Gasteiger partial charge in [-0.25, -0.2) is 0 Å². The van der Waals surface area contributed by atoms with E-state index in [-0.39, 0.29) is 48.3 Å². The summed E-state index contributed by atoms with van der Waals surface area (Å²) in [6.45, 7) is 7.62. The topological polar surface area (TPSA) is 55.8 Å². The molecule has 5 nitrogen and oxygen atoms in total. The largest absolute Gasteiger partial charge is 0.459 e. The van der Waals surface area contributed by atoms with E-state index in [4.69, 9.17) is 9.47 Å². The van der Waals surface area contributed by atoms with Crippen molar-refractivity contribution in [2.24, 2.45) is 35.0 Å². The zero-order chi connectivity index (χ0) is 17.4. The summed E-state index contributed by atoms with van der Waals surface area (Å²) in [5.74, 6) is 1.61. The molecule has 4 fully saturated rings. The number of aliphatic hydroxyl groups excluding tert-OH is 1. The second-order valence-electron chi connectivity index (χ2n) is 9.58. The van der Waals surface area contributed by atoms with Crippen LogP contribution >= 0.6 is 0 Å². The third kappa shape index (κ3) is 1.89. The summed E-state index contributed by atoms with van der Waals surface area (Å²) in [6.07, 6.45) is 2.22. The Morgan fingerprint density at radius 3 is 2.58 bits per heavy atom. The monoisotopic (exact) mass is 338 g/mol. The number of nitrogens with zero attached hydrogens (tertiary/aromatic N) is 1. The Kier molecular flexibility index (Phi) is 3.63. The van der Waals surface area contributed by atoms with Gasteiger partial charge < -0.3 is 19.1 Å². The van der Waals surface area contributed by atoms with Crippen LogP contribution in [0.1, 0.15) is 33.6 Å². The first-order valence-electron chi connectivity index (χ1n) is 9.53. The van der Waals surface area contributed by atoms with E-state index in [0.717, 1.165) is 12.8 Å². The number of hydrogen-bond acceptors (Lipinski definition) is 4. The van der Waals surface area contributed by atoms with Gasteiger partial charge in [-0.15, -0.1) is 0 Å². The molecule has 136 valence electrons. The number of aliphatic hydroxyl groups is 1. The minimum absolute atomic E-state index is 0.00573. The van der Waals surface area contributed by atoms with Gasteiger partial charge in [0, 0.05) is 17.3 Å². The van der Waals surface area contributed by atoms with E-state index in [2.05, 4.69) is 34.9 Å². The summed E-state index contributed by atoms with van der Waals surface area (Å²) in [7, 11) is 4.30. The summed E-state index contributed by atoms with van der Waals surface area (Å²) >= 11 is 0. The molecule has 0 aromatic carbocycles. The minimum Gasteiger partial charge on any atom is -0.459 e. The van der Waals surface area contributed by atoms with Crippen molar-refractivity contribution in [3.63, 3.8) is 0 Å². The van der Waals surface area contributed by atoms with Gasteiger partial charge in [-0.1, -0.05) is 20.8 Å². The van der Waals surface area contributed by atoms with Crippen molar-refractivity contribution < 1.29 is 23.9 Å². The first kappa shape index (κ1) is 16.8. The molecule has 2 aliphatic heterocycles. The second kappa shape index (κ2) is 5.18. The molecule has 0 amide bonds. The first-order chi connectivity index (χ1) is 11.2. The third-order valence-electron chi connectivity index (χ3n) is 7.82. The lowest BCUT2D eigenvalue weighted by atomic mass is 9.55. The molecule has 0 spiro atoms. The zero-order valence-corrected chi connectivity index (χ0v) is 15.6. The van der Waals surface area contributed by atoms with Crippen molar-refractivity contribution in [3.05, 3.63) is 0 Å². The van der Waals surface area contributed by atoms with Gasteiger partial charge in [-0.3, -0.25) is 4.79 Å². The SMILES string of the molecule is CC(C)[C@@H]1C2OC(=O)[C@H]1[C@@H]1CC[C@@H]3[C@@H]([N+](C)(C)CCO)O[C@H]2[C@@]31C. The fourth-order valence-corrected chi connectivity index (χ4v) is 6.70. The van der Waals surface area contributed by atoms with Crippen LogP contribution in [0.25, 0.3) is 0 Å². The molecule has 2 saturated heterocycles. The molecule has 2 bridgehead atoms. The van der Waals surface area contributed by atoms with Crippen LogP contribution in [0.4, 0.5) is 0 Å². The molecule has 8 atom stereocenters. The van der Waals surface area contributed by atoms with Gasteiger partial charge in [0.15, 0.2) is 6.23 Å². The smallest absolute Gasteiger partial charge is 0.310 e. The van der Waals surface area contributed by atoms with E-state index < -0.39 is 0 Å². The van der Waals surface area contributed by atoms with Crippen molar-refractivity contribution in [1.82, 2.24) is 0 Å². The van der Waals surface area contributed by atoms with Crippen molar-refractivity contribution >= 4 is 5.97 Å². The third-order valence-corrected chi connectivity index (χ3v) is 7.82. The van der Waals surface area contributed by atoms with E-state index in [1.165, 1.54) is 0 Å². The number of rotatable bonds is 4. The maximum absolute atomic E-state index is 12.6. The van der Waals surface area contributed by atoms with Crippen molar-refractivity contribution in [2.45, 2.75) is 52.0 Å². The summed E-state index contributed by atoms with van der Waals surface area (Å²) in [5, 5.41) is 9.47. The Bertz CT molecular complexity index is 547. The highest BCUT2D eigenvalue weighted by Gasteiger charge is 2.75. The molecular weight excluding hydrogens is 306 g/mol. The number of ether oxygens (including phenoxy) is 2. The molecule has 4 rings (SSSR count). The standard InChI is InChI=1S/C19H32NO4/c1-10(2)13-14-11-6-7-12-17(20(4,5)8-9-21)24-16(19(11,12)3)15(13)23-18(14)22/h10-17,21H,6-9H2,1-5H3/q+1/t11-,12+,13-,14-,15?,16+,17-,19+/m0/s1. The van der Waals surface area contributed by atoms with Crippen LogP contribution in [0, 0.1) is 35.0 Å². The molecule has 0 aromatic rings. The summed E-state index contributed by atoms with van der Waals surface area (Å²) in [4.78, 5) is 12.6. The Balaban J connectivity index is 1.74. The van der Waals surface area contributed by atoms with Crippen LogP contribution in [0.15, 0.2) is 0 Å². The molecule has 24 heavy (non-hydrogen) atoms. The maximum Gasteiger partial charge on any atom is 0.310 e. The Morgan fingerprint density at radius 1 is 1.29 bits per heavy atom. The van der Waals surface area contributed by atoms with Gasteiger partial charge in [-0.05, 0) is 24.7 Å². The Morgan fingerprint density at radius 2 is 1.96 bits per heavy atom. The van der Waals surface area contributed by atoms with Crippen LogP contribution in [-0.2, 0) is 14.3 Å². The number of carbonyl (C=O) groups excluding carboxylic acids is 1. The second-order valence-corrected chi connectivity index (χ2v) is 9.58. The fraction of sp³-hybridized carbons (Fsp3) is 0.947. The highest BCUT2D eigenvalue weighted by molar-refractivity contribution is 5.77. The Labute approximate surface area is 144 Å². The quantitative estimate of drug-likeness (QED) is 0.625. The fourth-order valence-electron chi connectivity index (χ4n) is 6.70. The van der Waals surface area contributed by atoms with E-state index in [1.54, 1.807) is 0 Å². The number of quaternary nitrogens is 1. The van der Waals surface area contributed by atoms with Crippen LogP contribution < -0.4 is 0 Å². The zero-order valence-electron chi connectivity index (χ0n) is 15.6. The number of likely N-dealkylation sites (N-methyl/N-ethyl adjacent to an activating group) is 1. The summed E-state index contributed by atoms with van der Waals surface area (Å²) < 4.78 is 13.2. The maximum atomic E-state index is 12.6. The molecular formula is C19H32NO4+. The predicted octanol–water partition coefficient (Wildman–Crippen LogP) is 1.64. The molecule has 5 heteroatoms. The minimum atomic E-state index is -0.0940. The molecule has 2 saturated carbocycles. The molecule has 0 aromatic heterocycles. The van der Waals surface area contributed by atoms with Gasteiger partial charge in [0.25, 0.3) is 0 Å². The molecule has 4 aliphatic rings. The van der Waals surface area contributed by atoms with Crippen LogP contribution in [0.3, 0.4) is 0 Å². The van der Waals surface area contributed by atoms with Gasteiger partial charge in [-0.2, -0.15) is 0 Å². The van der Waals surface area contributed by atoms with E-state index >= 15 is 0 Å². The van der Waals surface area contributed by atoms with E-state index in [1.807, 2.05) is 0 Å². The van der Waals surface area contributed by atoms with Gasteiger partial charge in [0.2, 0.25) is 0 Å². The van der Waals surface area contributed by atoms with E-state index in [0.29, 0.717) is 28.8 Å². The van der Waals surface area contributed by atoms with Crippen molar-refractivity contribution in [2.75, 3.05) is 27.2 Å². The van der Waals surface area contributed by atoms with Gasteiger partial charge in [0.1, 0.15) is 18.8 Å². The van der Waals surface area contributed by atoms with Crippen LogP contribution in [0.5, 0.6) is 0 Å². The van der Waals surface area contributed by atoms with E-state index in [9.17, 15) is 9.90 Å². The van der Waals surface area contributed by atoms with Gasteiger partial charge in [0.05, 0.1) is 26.6 Å². The van der Waals surface area contributed by atoms with Crippen LogP contribution in [-0.4, -0.2) is 61.2 Å². The lowest BCUT2D eigenvalue weighted by Crippen LogP contribution is -2.54. The van der Waals surface area contributed by atoms with Gasteiger partial charge >= 0.3 is 5.97 Å². The number of fused-ring (bicyclic) bond motifs is 4. The normalized spacial score (nSPS) is 49.6. The molecule has 2 heterocycles. The highest BCUT2D eigenvalue weighted by Crippen LogP contribution is 2.68. The average molecular weight is 338 g/mol. The molecule has 1 N–H and O–H groups in total. The lowest BCUT2D eigenvalue weighted by molar-refractivity contribution is -0.940. The molecule has 2 aliphatic carbocycles. The summed E-state index contributed by atoms with van der Waals surface area (Å²) in [5.41, 5.74) is 0.0303.